The highest BCUT2D eigenvalue weighted by molar-refractivity contribution is 6.36. The van der Waals surface area contributed by atoms with Crippen molar-refractivity contribution in [2.24, 2.45) is 5.73 Å². The van der Waals surface area contributed by atoms with Crippen LogP contribution in [0.4, 0.5) is 0 Å². The van der Waals surface area contributed by atoms with Crippen molar-refractivity contribution in [2.45, 2.75) is 26.2 Å². The monoisotopic (exact) mass is 393 g/mol. The first-order valence-electron chi connectivity index (χ1n) is 9.58. The van der Waals surface area contributed by atoms with E-state index < -0.39 is 0 Å². The zero-order valence-corrected chi connectivity index (χ0v) is 16.9. The highest BCUT2D eigenvalue weighted by atomic mass is 35.5. The van der Waals surface area contributed by atoms with Crippen molar-refractivity contribution in [2.75, 3.05) is 13.7 Å². The number of aryl methyl sites for hydroxylation is 2. The number of fused-ring (bicyclic) bond motifs is 2. The molecule has 0 aliphatic heterocycles. The van der Waals surface area contributed by atoms with E-state index in [0.717, 1.165) is 63.2 Å². The van der Waals surface area contributed by atoms with E-state index in [-0.39, 0.29) is 0 Å². The quantitative estimate of drug-likeness (QED) is 0.417. The molecule has 0 spiro atoms. The minimum atomic E-state index is 0.687. The molecule has 2 heterocycles. The molecule has 4 aromatic rings. The molecule has 144 valence electrons. The molecule has 0 unspecified atom stereocenters. The summed E-state index contributed by atoms with van der Waals surface area (Å²) in [5.74, 6) is 0.815. The Morgan fingerprint density at radius 3 is 2.75 bits per heavy atom. The van der Waals surface area contributed by atoms with E-state index in [1.54, 1.807) is 7.11 Å². The molecular weight excluding hydrogens is 370 g/mol. The number of benzene rings is 2. The average molecular weight is 394 g/mol. The molecule has 0 radical (unpaired) electrons. The van der Waals surface area contributed by atoms with Gasteiger partial charge in [0, 0.05) is 16.8 Å². The van der Waals surface area contributed by atoms with Gasteiger partial charge in [-0.15, -0.1) is 0 Å². The zero-order valence-electron chi connectivity index (χ0n) is 16.2. The molecule has 0 aliphatic rings. The van der Waals surface area contributed by atoms with Crippen LogP contribution in [0.15, 0.2) is 42.5 Å². The first kappa shape index (κ1) is 18.8. The second kappa shape index (κ2) is 7.82. The fraction of sp³-hybridized carbons (Fsp3) is 0.261. The maximum absolute atomic E-state index is 6.61. The first-order valence-corrected chi connectivity index (χ1v) is 9.95. The molecule has 28 heavy (non-hydrogen) atoms. The Labute approximate surface area is 169 Å². The van der Waals surface area contributed by atoms with Gasteiger partial charge in [-0.05, 0) is 62.1 Å². The summed E-state index contributed by atoms with van der Waals surface area (Å²) in [6.07, 6.45) is 2.88. The van der Waals surface area contributed by atoms with E-state index in [0.29, 0.717) is 6.54 Å². The second-order valence-corrected chi connectivity index (χ2v) is 7.47. The van der Waals surface area contributed by atoms with Gasteiger partial charge in [-0.25, -0.2) is 4.98 Å². The van der Waals surface area contributed by atoms with Gasteiger partial charge in [0.2, 0.25) is 0 Å². The normalized spacial score (nSPS) is 11.4. The maximum Gasteiger partial charge on any atom is 0.130 e. The second-order valence-electron chi connectivity index (χ2n) is 7.07. The van der Waals surface area contributed by atoms with Gasteiger partial charge in [-0.3, -0.25) is 0 Å². The molecular formula is C23H24ClN3O. The van der Waals surface area contributed by atoms with Crippen molar-refractivity contribution in [3.63, 3.8) is 0 Å². The number of H-pyrrole nitrogens is 1. The molecule has 4 rings (SSSR count). The smallest absolute Gasteiger partial charge is 0.130 e. The number of methoxy groups -OCH3 is 1. The van der Waals surface area contributed by atoms with E-state index in [2.05, 4.69) is 11.9 Å². The highest BCUT2D eigenvalue weighted by Crippen LogP contribution is 2.38. The van der Waals surface area contributed by atoms with Crippen molar-refractivity contribution >= 4 is 33.4 Å². The van der Waals surface area contributed by atoms with Gasteiger partial charge in [-0.2, -0.15) is 0 Å². The Hall–Kier alpha value is -2.56. The maximum atomic E-state index is 6.61. The number of nitrogens with one attached hydrogen (secondary N) is 1. The summed E-state index contributed by atoms with van der Waals surface area (Å²) >= 11 is 6.61. The van der Waals surface area contributed by atoms with Crippen molar-refractivity contribution in [1.29, 1.82) is 0 Å². The predicted molar refractivity (Wildman–Crippen MR) is 117 cm³/mol. The van der Waals surface area contributed by atoms with Crippen molar-refractivity contribution in [3.8, 4) is 17.1 Å². The van der Waals surface area contributed by atoms with Gasteiger partial charge in [0.15, 0.2) is 0 Å². The number of aromatic amines is 1. The lowest BCUT2D eigenvalue weighted by molar-refractivity contribution is 0.419. The van der Waals surface area contributed by atoms with Crippen LogP contribution in [0.5, 0.6) is 5.75 Å². The Kier molecular flexibility index (Phi) is 5.25. The van der Waals surface area contributed by atoms with E-state index in [4.69, 9.17) is 27.1 Å². The summed E-state index contributed by atoms with van der Waals surface area (Å²) in [6, 6.07) is 14.0. The molecule has 4 nitrogen and oxygen atoms in total. The molecule has 0 fully saturated rings. The van der Waals surface area contributed by atoms with Crippen molar-refractivity contribution in [1.82, 2.24) is 9.97 Å². The first-order chi connectivity index (χ1) is 13.6. The van der Waals surface area contributed by atoms with Crippen molar-refractivity contribution < 1.29 is 4.74 Å². The molecule has 0 amide bonds. The Morgan fingerprint density at radius 2 is 1.96 bits per heavy atom. The lowest BCUT2D eigenvalue weighted by atomic mass is 10.0. The van der Waals surface area contributed by atoms with E-state index in [1.165, 1.54) is 11.1 Å². The Balaban J connectivity index is 1.97. The number of nitrogens with two attached hydrogens (primary N) is 1. The third kappa shape index (κ3) is 3.23. The molecule has 0 bridgehead atoms. The molecule has 0 aliphatic carbocycles. The minimum absolute atomic E-state index is 0.687. The van der Waals surface area contributed by atoms with Crippen LogP contribution in [-0.2, 0) is 6.42 Å². The molecule has 2 aromatic carbocycles. The molecule has 0 atom stereocenters. The van der Waals surface area contributed by atoms with E-state index in [9.17, 15) is 0 Å². The summed E-state index contributed by atoms with van der Waals surface area (Å²) in [7, 11) is 1.69. The van der Waals surface area contributed by atoms with Gasteiger partial charge in [-0.1, -0.05) is 29.8 Å². The summed E-state index contributed by atoms with van der Waals surface area (Å²) in [5, 5.41) is 2.85. The van der Waals surface area contributed by atoms with Gasteiger partial charge >= 0.3 is 0 Å². The third-order valence-corrected chi connectivity index (χ3v) is 5.57. The van der Waals surface area contributed by atoms with Gasteiger partial charge in [0.1, 0.15) is 5.75 Å². The van der Waals surface area contributed by atoms with Crippen molar-refractivity contribution in [3.05, 3.63) is 58.6 Å². The molecule has 5 heteroatoms. The fourth-order valence-corrected chi connectivity index (χ4v) is 4.09. The van der Waals surface area contributed by atoms with Gasteiger partial charge in [0.05, 0.1) is 34.6 Å². The summed E-state index contributed by atoms with van der Waals surface area (Å²) in [4.78, 5) is 8.52. The van der Waals surface area contributed by atoms with Crippen LogP contribution in [0.3, 0.4) is 0 Å². The van der Waals surface area contributed by atoms with Crippen LogP contribution in [0.2, 0.25) is 5.02 Å². The van der Waals surface area contributed by atoms with Gasteiger partial charge in [0.25, 0.3) is 0 Å². The van der Waals surface area contributed by atoms with E-state index in [1.807, 2.05) is 42.5 Å². The number of hydrogen-bond acceptors (Lipinski definition) is 3. The Bertz CT molecular complexity index is 1150. The number of ether oxygens (including phenoxy) is 1. The number of pyridine rings is 1. The van der Waals surface area contributed by atoms with E-state index >= 15 is 0 Å². The van der Waals surface area contributed by atoms with Crippen LogP contribution in [0, 0.1) is 6.92 Å². The number of nitrogens with zero attached hydrogens (tertiary/aromatic N) is 1. The summed E-state index contributed by atoms with van der Waals surface area (Å²) in [5.41, 5.74) is 11.9. The number of hydrogen-bond donors (Lipinski definition) is 2. The van der Waals surface area contributed by atoms with Gasteiger partial charge < -0.3 is 15.5 Å². The fourth-order valence-electron chi connectivity index (χ4n) is 3.82. The molecule has 3 N–H and O–H groups in total. The van der Waals surface area contributed by atoms with Crippen LogP contribution < -0.4 is 10.5 Å². The van der Waals surface area contributed by atoms with Crippen LogP contribution in [0.1, 0.15) is 24.0 Å². The highest BCUT2D eigenvalue weighted by Gasteiger charge is 2.19. The number of unbranched alkanes of at least 4 members (excludes halogenated alkanes) is 1. The number of rotatable bonds is 6. The number of para-hydroxylation sites is 1. The topological polar surface area (TPSA) is 63.9 Å². The summed E-state index contributed by atoms with van der Waals surface area (Å²) < 4.78 is 5.65. The molecule has 2 aromatic heterocycles. The van der Waals surface area contributed by atoms with Crippen LogP contribution >= 0.6 is 11.6 Å². The SMILES string of the molecule is COc1cc(-c2[nH]c3c(C)ccc(Cl)c3c2CCCCN)nc2ccccc12. The average Bonchev–Trinajstić information content (AvgIpc) is 3.11. The zero-order chi connectivity index (χ0) is 19.7. The lowest BCUT2D eigenvalue weighted by Crippen LogP contribution is -2.00. The molecule has 0 saturated carbocycles. The number of halogens is 1. The summed E-state index contributed by atoms with van der Waals surface area (Å²) in [6.45, 7) is 2.78. The standard InChI is InChI=1S/C23H24ClN3O/c1-14-10-11-17(24)21-16(8-5-6-12-25)23(27-22(14)21)19-13-20(28-2)15-7-3-4-9-18(15)26-19/h3-4,7,9-11,13,27H,5-6,8,12,25H2,1-2H3. The largest absolute Gasteiger partial charge is 0.496 e. The number of aromatic nitrogens is 2. The predicted octanol–water partition coefficient (Wildman–Crippen LogP) is 5.63. The van der Waals surface area contributed by atoms with Crippen LogP contribution in [0.25, 0.3) is 33.2 Å². The van der Waals surface area contributed by atoms with Crippen LogP contribution in [-0.4, -0.2) is 23.6 Å². The third-order valence-electron chi connectivity index (χ3n) is 5.25. The lowest BCUT2D eigenvalue weighted by Gasteiger charge is -2.10. The Morgan fingerprint density at radius 1 is 1.14 bits per heavy atom. The molecule has 0 saturated heterocycles. The minimum Gasteiger partial charge on any atom is -0.496 e.